The molecule has 0 heterocycles. The van der Waals surface area contributed by atoms with E-state index in [0.717, 1.165) is 6.42 Å². The molecule has 0 aromatic carbocycles. The average molecular weight is 201 g/mol. The van der Waals surface area contributed by atoms with Gasteiger partial charge in [0.05, 0.1) is 11.7 Å². The molecule has 2 N–H and O–H groups in total. The van der Waals surface area contributed by atoms with E-state index in [1.807, 2.05) is 0 Å². The minimum absolute atomic E-state index is 0.163. The van der Waals surface area contributed by atoms with Gasteiger partial charge in [0.25, 0.3) is 0 Å². The molecule has 0 saturated heterocycles. The lowest BCUT2D eigenvalue weighted by Gasteiger charge is -2.27. The van der Waals surface area contributed by atoms with Gasteiger partial charge in [0.1, 0.15) is 0 Å². The highest BCUT2D eigenvalue weighted by molar-refractivity contribution is 4.70. The Bertz CT molecular complexity index is 134. The molecular weight excluding hydrogens is 174 g/mol. The highest BCUT2D eigenvalue weighted by atomic mass is 16.5. The maximum absolute atomic E-state index is 5.84. The first-order chi connectivity index (χ1) is 6.52. The van der Waals surface area contributed by atoms with Crippen LogP contribution >= 0.6 is 0 Å². The normalized spacial score (nSPS) is 14.4. The molecule has 2 nitrogen and oxygen atoms in total. The fourth-order valence-corrected chi connectivity index (χ4v) is 1.51. The first-order valence-corrected chi connectivity index (χ1v) is 5.89. The van der Waals surface area contributed by atoms with Crippen LogP contribution in [0, 0.1) is 0 Å². The molecule has 0 amide bonds. The van der Waals surface area contributed by atoms with Crippen molar-refractivity contribution in [3.05, 3.63) is 0 Å². The van der Waals surface area contributed by atoms with Crippen molar-refractivity contribution >= 4 is 0 Å². The third-order valence-corrected chi connectivity index (χ3v) is 2.48. The summed E-state index contributed by atoms with van der Waals surface area (Å²) in [5.74, 6) is 0. The quantitative estimate of drug-likeness (QED) is 0.612. The van der Waals surface area contributed by atoms with Gasteiger partial charge in [-0.05, 0) is 27.2 Å². The summed E-state index contributed by atoms with van der Waals surface area (Å²) in [5, 5.41) is 0. The van der Waals surface area contributed by atoms with E-state index in [1.165, 1.54) is 25.7 Å². The lowest BCUT2D eigenvalue weighted by atomic mass is 10.1. The van der Waals surface area contributed by atoms with E-state index in [9.17, 15) is 0 Å². The van der Waals surface area contributed by atoms with E-state index in [4.69, 9.17) is 10.5 Å². The first kappa shape index (κ1) is 13.9. The Labute approximate surface area is 89.2 Å². The number of hydrogen-bond donors (Lipinski definition) is 1. The predicted octanol–water partition coefficient (Wildman–Crippen LogP) is 3.10. The van der Waals surface area contributed by atoms with Gasteiger partial charge in [0.15, 0.2) is 0 Å². The van der Waals surface area contributed by atoms with Crippen LogP contribution in [0.1, 0.15) is 59.8 Å². The van der Waals surface area contributed by atoms with Gasteiger partial charge in [-0.1, -0.05) is 32.6 Å². The Morgan fingerprint density at radius 3 is 2.36 bits per heavy atom. The molecule has 0 fully saturated rings. The lowest BCUT2D eigenvalue weighted by molar-refractivity contribution is -0.0608. The third-order valence-electron chi connectivity index (χ3n) is 2.48. The Hall–Kier alpha value is -0.0800. The number of unbranched alkanes of at least 4 members (excludes halogenated alkanes) is 3. The van der Waals surface area contributed by atoms with Crippen molar-refractivity contribution in [1.29, 1.82) is 0 Å². The summed E-state index contributed by atoms with van der Waals surface area (Å²) >= 11 is 0. The van der Waals surface area contributed by atoms with Crippen LogP contribution in [0.5, 0.6) is 0 Å². The molecule has 1 atom stereocenters. The third kappa shape index (κ3) is 7.34. The summed E-state index contributed by atoms with van der Waals surface area (Å²) in [6.45, 7) is 9.07. The van der Waals surface area contributed by atoms with Crippen molar-refractivity contribution < 1.29 is 4.74 Å². The Morgan fingerprint density at radius 2 is 1.86 bits per heavy atom. The second kappa shape index (κ2) is 7.24. The maximum Gasteiger partial charge on any atom is 0.0751 e. The molecule has 0 aromatic heterocycles. The predicted molar refractivity (Wildman–Crippen MR) is 62.4 cm³/mol. The first-order valence-electron chi connectivity index (χ1n) is 5.89. The van der Waals surface area contributed by atoms with Gasteiger partial charge in [0.2, 0.25) is 0 Å². The van der Waals surface area contributed by atoms with Crippen molar-refractivity contribution in [1.82, 2.24) is 0 Å². The summed E-state index contributed by atoms with van der Waals surface area (Å²) in [4.78, 5) is 0. The maximum atomic E-state index is 5.84. The van der Waals surface area contributed by atoms with Crippen molar-refractivity contribution in [3.63, 3.8) is 0 Å². The summed E-state index contributed by atoms with van der Waals surface area (Å²) in [7, 11) is 0. The zero-order valence-electron chi connectivity index (χ0n) is 10.3. The minimum Gasteiger partial charge on any atom is -0.371 e. The second-order valence-electron chi connectivity index (χ2n) is 4.74. The van der Waals surface area contributed by atoms with Crippen LogP contribution in [-0.4, -0.2) is 18.2 Å². The fraction of sp³-hybridized carbons (Fsp3) is 1.00. The molecule has 0 aromatic rings. The van der Waals surface area contributed by atoms with Gasteiger partial charge >= 0.3 is 0 Å². The van der Waals surface area contributed by atoms with Crippen molar-refractivity contribution in [2.75, 3.05) is 6.54 Å². The standard InChI is InChI=1S/C12H27NO/c1-5-6-7-8-9-11(2)14-12(3,4)10-13/h11H,5-10,13H2,1-4H3. The molecular formula is C12H27NO. The Balaban J connectivity index is 3.49. The number of ether oxygens (including phenoxy) is 1. The van der Waals surface area contributed by atoms with Crippen molar-refractivity contribution in [2.45, 2.75) is 71.5 Å². The number of hydrogen-bond acceptors (Lipinski definition) is 2. The average Bonchev–Trinajstić information content (AvgIpc) is 2.12. The lowest BCUT2D eigenvalue weighted by Crippen LogP contribution is -2.37. The van der Waals surface area contributed by atoms with Crippen molar-refractivity contribution in [2.24, 2.45) is 5.73 Å². The fourth-order valence-electron chi connectivity index (χ4n) is 1.51. The van der Waals surface area contributed by atoms with E-state index in [2.05, 4.69) is 27.7 Å². The smallest absolute Gasteiger partial charge is 0.0751 e. The number of nitrogens with two attached hydrogens (primary N) is 1. The zero-order chi connectivity index (χ0) is 11.0. The summed E-state index contributed by atoms with van der Waals surface area (Å²) < 4.78 is 5.84. The molecule has 0 spiro atoms. The summed E-state index contributed by atoms with van der Waals surface area (Å²) in [6.07, 6.45) is 6.73. The van der Waals surface area contributed by atoms with Gasteiger partial charge in [-0.25, -0.2) is 0 Å². The molecule has 0 aliphatic rings. The van der Waals surface area contributed by atoms with Gasteiger partial charge < -0.3 is 10.5 Å². The highest BCUT2D eigenvalue weighted by Gasteiger charge is 2.18. The highest BCUT2D eigenvalue weighted by Crippen LogP contribution is 2.15. The summed E-state index contributed by atoms with van der Waals surface area (Å²) in [6, 6.07) is 0. The number of rotatable bonds is 8. The molecule has 1 unspecified atom stereocenters. The second-order valence-corrected chi connectivity index (χ2v) is 4.74. The molecule has 0 radical (unpaired) electrons. The molecule has 0 aliphatic heterocycles. The van der Waals surface area contributed by atoms with Crippen LogP contribution in [0.15, 0.2) is 0 Å². The Kier molecular flexibility index (Phi) is 7.20. The largest absolute Gasteiger partial charge is 0.371 e. The van der Waals surface area contributed by atoms with E-state index >= 15 is 0 Å². The Morgan fingerprint density at radius 1 is 1.21 bits per heavy atom. The van der Waals surface area contributed by atoms with Gasteiger partial charge in [0, 0.05) is 6.54 Å². The van der Waals surface area contributed by atoms with Crippen LogP contribution in [-0.2, 0) is 4.74 Å². The molecule has 14 heavy (non-hydrogen) atoms. The van der Waals surface area contributed by atoms with E-state index in [1.54, 1.807) is 0 Å². The van der Waals surface area contributed by atoms with Crippen LogP contribution in [0.2, 0.25) is 0 Å². The monoisotopic (exact) mass is 201 g/mol. The zero-order valence-corrected chi connectivity index (χ0v) is 10.3. The van der Waals surface area contributed by atoms with E-state index in [-0.39, 0.29) is 5.60 Å². The SMILES string of the molecule is CCCCCCC(C)OC(C)(C)CN. The van der Waals surface area contributed by atoms with Crippen LogP contribution in [0.4, 0.5) is 0 Å². The molecule has 0 bridgehead atoms. The van der Waals surface area contributed by atoms with Crippen LogP contribution in [0.3, 0.4) is 0 Å². The molecule has 0 saturated carbocycles. The topological polar surface area (TPSA) is 35.2 Å². The molecule has 86 valence electrons. The molecule has 0 rings (SSSR count). The van der Waals surface area contributed by atoms with Gasteiger partial charge in [-0.2, -0.15) is 0 Å². The molecule has 0 aliphatic carbocycles. The van der Waals surface area contributed by atoms with Crippen LogP contribution in [0.25, 0.3) is 0 Å². The van der Waals surface area contributed by atoms with E-state index in [0.29, 0.717) is 12.6 Å². The van der Waals surface area contributed by atoms with Gasteiger partial charge in [-0.15, -0.1) is 0 Å². The van der Waals surface area contributed by atoms with Crippen LogP contribution < -0.4 is 5.73 Å². The van der Waals surface area contributed by atoms with Gasteiger partial charge in [-0.3, -0.25) is 0 Å². The van der Waals surface area contributed by atoms with Crippen molar-refractivity contribution in [3.8, 4) is 0 Å². The van der Waals surface area contributed by atoms with E-state index < -0.39 is 0 Å². The molecule has 2 heteroatoms. The minimum atomic E-state index is -0.163. The summed E-state index contributed by atoms with van der Waals surface area (Å²) in [5.41, 5.74) is 5.44.